The number of carbonyl (C=O) groups is 2. The quantitative estimate of drug-likeness (QED) is 0.775. The topological polar surface area (TPSA) is 84.2 Å². The van der Waals surface area contributed by atoms with Crippen LogP contribution in [0.3, 0.4) is 0 Å². The number of nitrogens with one attached hydrogen (secondary N) is 2. The zero-order valence-electron chi connectivity index (χ0n) is 13.2. The summed E-state index contributed by atoms with van der Waals surface area (Å²) in [5.74, 6) is -0.655. The highest BCUT2D eigenvalue weighted by Crippen LogP contribution is 2.25. The van der Waals surface area contributed by atoms with Crippen molar-refractivity contribution < 1.29 is 9.59 Å². The van der Waals surface area contributed by atoms with Crippen LogP contribution in [0.15, 0.2) is 24.3 Å². The van der Waals surface area contributed by atoms with Crippen LogP contribution in [-0.2, 0) is 4.79 Å². The van der Waals surface area contributed by atoms with Gasteiger partial charge < -0.3 is 16.4 Å². The van der Waals surface area contributed by atoms with Crippen LogP contribution in [-0.4, -0.2) is 25.4 Å². The lowest BCUT2D eigenvalue weighted by Gasteiger charge is -2.24. The first-order valence-corrected chi connectivity index (χ1v) is 7.10. The van der Waals surface area contributed by atoms with Crippen molar-refractivity contribution in [1.82, 2.24) is 5.32 Å². The lowest BCUT2D eigenvalue weighted by Crippen LogP contribution is -2.33. The summed E-state index contributed by atoms with van der Waals surface area (Å²) in [7, 11) is 1.56. The van der Waals surface area contributed by atoms with E-state index < -0.39 is 0 Å². The van der Waals surface area contributed by atoms with E-state index in [4.69, 9.17) is 5.73 Å². The van der Waals surface area contributed by atoms with Gasteiger partial charge in [0.15, 0.2) is 0 Å². The fourth-order valence-corrected chi connectivity index (χ4v) is 2.18. The second-order valence-corrected chi connectivity index (χ2v) is 6.31. The first kappa shape index (κ1) is 17.2. The van der Waals surface area contributed by atoms with Gasteiger partial charge in [-0.3, -0.25) is 9.59 Å². The first-order valence-electron chi connectivity index (χ1n) is 7.10. The number of benzene rings is 1. The van der Waals surface area contributed by atoms with E-state index >= 15 is 0 Å². The number of amides is 2. The van der Waals surface area contributed by atoms with E-state index in [-0.39, 0.29) is 29.7 Å². The van der Waals surface area contributed by atoms with Crippen LogP contribution in [0.1, 0.15) is 37.6 Å². The highest BCUT2D eigenvalue weighted by Gasteiger charge is 2.24. The largest absolute Gasteiger partial charge is 0.355 e. The summed E-state index contributed by atoms with van der Waals surface area (Å²) in [6.07, 6.45) is 0.692. The Labute approximate surface area is 126 Å². The number of rotatable bonds is 5. The van der Waals surface area contributed by atoms with E-state index in [1.54, 1.807) is 31.3 Å². The molecule has 21 heavy (non-hydrogen) atoms. The Bertz CT molecular complexity index is 506. The van der Waals surface area contributed by atoms with Gasteiger partial charge in [-0.1, -0.05) is 32.9 Å². The lowest BCUT2D eigenvalue weighted by molar-refractivity contribution is -0.120. The summed E-state index contributed by atoms with van der Waals surface area (Å²) >= 11 is 0. The Kier molecular flexibility index (Phi) is 5.90. The fraction of sp³-hybridized carbons (Fsp3) is 0.500. The summed E-state index contributed by atoms with van der Waals surface area (Å²) in [4.78, 5) is 24.2. The predicted octanol–water partition coefficient (Wildman–Crippen LogP) is 2.00. The second kappa shape index (κ2) is 7.22. The van der Waals surface area contributed by atoms with E-state index in [1.807, 2.05) is 0 Å². The van der Waals surface area contributed by atoms with Gasteiger partial charge in [-0.05, 0) is 24.0 Å². The third-order valence-corrected chi connectivity index (χ3v) is 3.17. The Balaban J connectivity index is 2.90. The van der Waals surface area contributed by atoms with Crippen LogP contribution in [0.2, 0.25) is 0 Å². The molecule has 1 unspecified atom stereocenters. The van der Waals surface area contributed by atoms with Crippen molar-refractivity contribution >= 4 is 17.5 Å². The monoisotopic (exact) mass is 291 g/mol. The molecule has 0 aliphatic carbocycles. The van der Waals surface area contributed by atoms with Crippen molar-refractivity contribution in [2.75, 3.05) is 18.9 Å². The van der Waals surface area contributed by atoms with Crippen LogP contribution < -0.4 is 16.4 Å². The average Bonchev–Trinajstić information content (AvgIpc) is 2.43. The van der Waals surface area contributed by atoms with E-state index in [9.17, 15) is 9.59 Å². The zero-order valence-corrected chi connectivity index (χ0v) is 13.2. The smallest absolute Gasteiger partial charge is 0.253 e. The molecule has 4 N–H and O–H groups in total. The standard InChI is InChI=1S/C16H25N3O2/c1-16(2,3)9-11(10-17)14(20)19-13-8-6-5-7-12(13)15(21)18-4/h5-8,11H,9-10,17H2,1-4H3,(H,18,21)(H,19,20). The molecular weight excluding hydrogens is 266 g/mol. The molecule has 0 radical (unpaired) electrons. The van der Waals surface area contributed by atoms with Crippen LogP contribution in [0.5, 0.6) is 0 Å². The molecule has 2 amide bonds. The molecule has 1 aromatic carbocycles. The van der Waals surface area contributed by atoms with Crippen molar-refractivity contribution in [2.45, 2.75) is 27.2 Å². The molecule has 0 aliphatic rings. The van der Waals surface area contributed by atoms with Gasteiger partial charge in [0.2, 0.25) is 5.91 Å². The summed E-state index contributed by atoms with van der Waals surface area (Å²) in [6, 6.07) is 6.93. The lowest BCUT2D eigenvalue weighted by atomic mass is 9.84. The Morgan fingerprint density at radius 1 is 1.24 bits per heavy atom. The van der Waals surface area contributed by atoms with Gasteiger partial charge in [-0.15, -0.1) is 0 Å². The molecule has 0 bridgehead atoms. The molecule has 1 aromatic rings. The summed E-state index contributed by atoms with van der Waals surface area (Å²) in [5, 5.41) is 5.38. The van der Waals surface area contributed by atoms with E-state index in [0.717, 1.165) is 0 Å². The van der Waals surface area contributed by atoms with Crippen molar-refractivity contribution in [1.29, 1.82) is 0 Å². The molecule has 116 valence electrons. The first-order chi connectivity index (χ1) is 9.78. The summed E-state index contributed by atoms with van der Waals surface area (Å²) < 4.78 is 0. The van der Waals surface area contributed by atoms with Crippen molar-refractivity contribution in [2.24, 2.45) is 17.1 Å². The minimum Gasteiger partial charge on any atom is -0.355 e. The van der Waals surface area contributed by atoms with Crippen LogP contribution in [0.4, 0.5) is 5.69 Å². The molecule has 0 fully saturated rings. The molecular formula is C16H25N3O2. The molecule has 1 atom stereocenters. The molecule has 0 aliphatic heterocycles. The second-order valence-electron chi connectivity index (χ2n) is 6.31. The molecule has 0 aromatic heterocycles. The van der Waals surface area contributed by atoms with Crippen molar-refractivity contribution in [3.63, 3.8) is 0 Å². The summed E-state index contributed by atoms with van der Waals surface area (Å²) in [5.41, 5.74) is 6.69. The van der Waals surface area contributed by atoms with Gasteiger partial charge in [0.1, 0.15) is 0 Å². The summed E-state index contributed by atoms with van der Waals surface area (Å²) in [6.45, 7) is 6.50. The van der Waals surface area contributed by atoms with Gasteiger partial charge >= 0.3 is 0 Å². The van der Waals surface area contributed by atoms with Gasteiger partial charge in [-0.25, -0.2) is 0 Å². The molecule has 5 heteroatoms. The SMILES string of the molecule is CNC(=O)c1ccccc1NC(=O)C(CN)CC(C)(C)C. The van der Waals surface area contributed by atoms with Crippen LogP contribution in [0, 0.1) is 11.3 Å². The molecule has 0 saturated carbocycles. The van der Waals surface area contributed by atoms with Gasteiger partial charge in [0.25, 0.3) is 5.91 Å². The number of carbonyl (C=O) groups excluding carboxylic acids is 2. The minimum atomic E-state index is -0.275. The molecule has 5 nitrogen and oxygen atoms in total. The van der Waals surface area contributed by atoms with E-state index in [2.05, 4.69) is 31.4 Å². The normalized spacial score (nSPS) is 12.6. The van der Waals surface area contributed by atoms with Crippen LogP contribution in [0.25, 0.3) is 0 Å². The number of hydrogen-bond donors (Lipinski definition) is 3. The van der Waals surface area contributed by atoms with Gasteiger partial charge in [0.05, 0.1) is 17.2 Å². The third kappa shape index (κ3) is 5.19. The van der Waals surface area contributed by atoms with E-state index in [1.165, 1.54) is 0 Å². The molecule has 0 heterocycles. The maximum atomic E-state index is 12.4. The van der Waals surface area contributed by atoms with Crippen molar-refractivity contribution in [3.8, 4) is 0 Å². The van der Waals surface area contributed by atoms with Gasteiger partial charge in [-0.2, -0.15) is 0 Å². The third-order valence-electron chi connectivity index (χ3n) is 3.17. The van der Waals surface area contributed by atoms with Gasteiger partial charge in [0, 0.05) is 13.6 Å². The average molecular weight is 291 g/mol. The predicted molar refractivity (Wildman–Crippen MR) is 85.1 cm³/mol. The Hall–Kier alpha value is -1.88. The number of nitrogens with two attached hydrogens (primary N) is 1. The fourth-order valence-electron chi connectivity index (χ4n) is 2.18. The van der Waals surface area contributed by atoms with Crippen molar-refractivity contribution in [3.05, 3.63) is 29.8 Å². The number of hydrogen-bond acceptors (Lipinski definition) is 3. The molecule has 0 saturated heterocycles. The molecule has 1 rings (SSSR count). The van der Waals surface area contributed by atoms with Crippen LogP contribution >= 0.6 is 0 Å². The Morgan fingerprint density at radius 3 is 2.38 bits per heavy atom. The number of anilines is 1. The maximum absolute atomic E-state index is 12.4. The molecule has 0 spiro atoms. The Morgan fingerprint density at radius 2 is 1.86 bits per heavy atom. The number of para-hydroxylation sites is 1. The highest BCUT2D eigenvalue weighted by molar-refractivity contribution is 6.04. The zero-order chi connectivity index (χ0) is 16.0. The maximum Gasteiger partial charge on any atom is 0.253 e. The van der Waals surface area contributed by atoms with E-state index in [0.29, 0.717) is 17.7 Å². The minimum absolute atomic E-state index is 0.0156. The highest BCUT2D eigenvalue weighted by atomic mass is 16.2.